The summed E-state index contributed by atoms with van der Waals surface area (Å²) in [6.45, 7) is 3.89. The highest BCUT2D eigenvalue weighted by molar-refractivity contribution is 5.94. The number of methoxy groups -OCH3 is 3. The molecule has 0 aliphatic heterocycles. The highest BCUT2D eigenvalue weighted by Gasteiger charge is 2.19. The molecule has 10 nitrogen and oxygen atoms in total. The summed E-state index contributed by atoms with van der Waals surface area (Å²) in [7, 11) is 4.59. The van der Waals surface area contributed by atoms with Gasteiger partial charge in [-0.2, -0.15) is 15.3 Å². The summed E-state index contributed by atoms with van der Waals surface area (Å²) in [6, 6.07) is 15.0. The summed E-state index contributed by atoms with van der Waals surface area (Å²) in [5, 5.41) is 15.8. The quantitative estimate of drug-likeness (QED) is 0.297. The number of amides is 1. The van der Waals surface area contributed by atoms with E-state index in [1.807, 2.05) is 48.9 Å². The number of hydrazone groups is 1. The van der Waals surface area contributed by atoms with Gasteiger partial charge in [0.05, 0.1) is 50.3 Å². The minimum atomic E-state index is -0.432. The Morgan fingerprint density at radius 3 is 2.34 bits per heavy atom. The summed E-state index contributed by atoms with van der Waals surface area (Å²) in [4.78, 5) is 12.6. The molecule has 10 heteroatoms. The van der Waals surface area contributed by atoms with Crippen molar-refractivity contribution in [2.24, 2.45) is 5.10 Å². The molecule has 0 radical (unpaired) electrons. The van der Waals surface area contributed by atoms with E-state index in [1.165, 1.54) is 27.5 Å². The number of carbonyl (C=O) groups excluding carboxylic acids is 1. The Morgan fingerprint density at radius 1 is 1.03 bits per heavy atom. The number of hydrogen-bond donors (Lipinski definition) is 2. The first-order chi connectivity index (χ1) is 17.0. The summed E-state index contributed by atoms with van der Waals surface area (Å²) in [6.07, 6.45) is 1.48. The van der Waals surface area contributed by atoms with Crippen molar-refractivity contribution < 1.29 is 19.0 Å². The van der Waals surface area contributed by atoms with Crippen LogP contribution in [0.4, 0.5) is 0 Å². The van der Waals surface area contributed by atoms with Crippen LogP contribution in [0.2, 0.25) is 0 Å². The standard InChI is InChI=1S/C25H26N6O4/c1-15-23(16(2)31(30-15)18-9-7-6-8-10-18)19-13-20(28-27-19)25(32)29-26-14-17-11-21(33-3)24(35-5)22(12-17)34-4/h6-14H,1-5H3,(H,27,28)(H,29,32)/b26-14+. The SMILES string of the molecule is COc1cc(/C=N/NC(=O)c2cc(-c3c(C)nn(-c4ccccc4)c3C)n[nH]2)cc(OC)c1OC. The zero-order chi connectivity index (χ0) is 24.9. The largest absolute Gasteiger partial charge is 0.493 e. The van der Waals surface area contributed by atoms with Crippen LogP contribution in [0.3, 0.4) is 0 Å². The number of H-pyrrole nitrogens is 1. The topological polar surface area (TPSA) is 116 Å². The van der Waals surface area contributed by atoms with E-state index in [0.29, 0.717) is 28.5 Å². The molecule has 4 rings (SSSR count). The van der Waals surface area contributed by atoms with Gasteiger partial charge in [0.1, 0.15) is 5.69 Å². The Labute approximate surface area is 202 Å². The molecule has 2 heterocycles. The molecule has 0 bridgehead atoms. The molecule has 0 atom stereocenters. The zero-order valence-corrected chi connectivity index (χ0v) is 20.1. The fourth-order valence-electron chi connectivity index (χ4n) is 3.80. The molecule has 0 fully saturated rings. The van der Waals surface area contributed by atoms with E-state index >= 15 is 0 Å². The number of nitrogens with zero attached hydrogens (tertiary/aromatic N) is 4. The lowest BCUT2D eigenvalue weighted by Gasteiger charge is -2.12. The number of benzene rings is 2. The molecule has 0 aliphatic rings. The van der Waals surface area contributed by atoms with Crippen LogP contribution in [0.5, 0.6) is 17.2 Å². The predicted octanol–water partition coefficient (Wildman–Crippen LogP) is 3.67. The fourth-order valence-corrected chi connectivity index (χ4v) is 3.80. The smallest absolute Gasteiger partial charge is 0.289 e. The lowest BCUT2D eigenvalue weighted by molar-refractivity contribution is 0.0950. The van der Waals surface area contributed by atoms with Gasteiger partial charge in [-0.25, -0.2) is 10.1 Å². The molecule has 0 aliphatic carbocycles. The third-order valence-corrected chi connectivity index (χ3v) is 5.44. The molecular weight excluding hydrogens is 448 g/mol. The van der Waals surface area contributed by atoms with Crippen LogP contribution in [0.25, 0.3) is 16.9 Å². The molecule has 0 spiro atoms. The average Bonchev–Trinajstić information content (AvgIpc) is 3.47. The van der Waals surface area contributed by atoms with Gasteiger partial charge in [0.15, 0.2) is 11.5 Å². The van der Waals surface area contributed by atoms with Crippen LogP contribution >= 0.6 is 0 Å². The van der Waals surface area contributed by atoms with Crippen LogP contribution in [-0.4, -0.2) is 53.4 Å². The van der Waals surface area contributed by atoms with Crippen LogP contribution in [0, 0.1) is 13.8 Å². The number of para-hydroxylation sites is 1. The van der Waals surface area contributed by atoms with Crippen molar-refractivity contribution in [1.29, 1.82) is 0 Å². The van der Waals surface area contributed by atoms with Crippen LogP contribution in [0.1, 0.15) is 27.4 Å². The molecule has 35 heavy (non-hydrogen) atoms. The Bertz CT molecular complexity index is 1350. The molecule has 2 aromatic carbocycles. The van der Waals surface area contributed by atoms with E-state index in [0.717, 1.165) is 22.6 Å². The second-order valence-electron chi connectivity index (χ2n) is 7.62. The monoisotopic (exact) mass is 474 g/mol. The summed E-state index contributed by atoms with van der Waals surface area (Å²) >= 11 is 0. The third kappa shape index (κ3) is 4.72. The van der Waals surface area contributed by atoms with E-state index in [9.17, 15) is 4.79 Å². The summed E-state index contributed by atoms with van der Waals surface area (Å²) < 4.78 is 17.8. The number of ether oxygens (including phenoxy) is 3. The Morgan fingerprint density at radius 2 is 1.71 bits per heavy atom. The van der Waals surface area contributed by atoms with Gasteiger partial charge in [-0.15, -0.1) is 0 Å². The number of aromatic amines is 1. The zero-order valence-electron chi connectivity index (χ0n) is 20.1. The van der Waals surface area contributed by atoms with Crippen molar-refractivity contribution in [1.82, 2.24) is 25.4 Å². The molecule has 0 saturated carbocycles. The van der Waals surface area contributed by atoms with E-state index in [2.05, 4.69) is 25.8 Å². The maximum atomic E-state index is 12.6. The Hall–Kier alpha value is -4.60. The number of hydrogen-bond acceptors (Lipinski definition) is 7. The molecule has 0 saturated heterocycles. The number of rotatable bonds is 8. The molecule has 2 aromatic heterocycles. The second-order valence-corrected chi connectivity index (χ2v) is 7.62. The molecule has 2 N–H and O–H groups in total. The van der Waals surface area contributed by atoms with Crippen molar-refractivity contribution in [3.05, 3.63) is 71.2 Å². The molecule has 4 aromatic rings. The minimum Gasteiger partial charge on any atom is -0.493 e. The fraction of sp³-hybridized carbons (Fsp3) is 0.200. The van der Waals surface area contributed by atoms with Gasteiger partial charge < -0.3 is 14.2 Å². The molecular formula is C25H26N6O4. The van der Waals surface area contributed by atoms with Crippen molar-refractivity contribution >= 4 is 12.1 Å². The van der Waals surface area contributed by atoms with Gasteiger partial charge >= 0.3 is 0 Å². The molecule has 0 unspecified atom stereocenters. The first-order valence-corrected chi connectivity index (χ1v) is 10.8. The highest BCUT2D eigenvalue weighted by Crippen LogP contribution is 2.37. The number of aromatic nitrogens is 4. The highest BCUT2D eigenvalue weighted by atomic mass is 16.5. The first kappa shape index (κ1) is 23.6. The summed E-state index contributed by atoms with van der Waals surface area (Å²) in [5.74, 6) is 1.01. The lowest BCUT2D eigenvalue weighted by Crippen LogP contribution is -2.18. The summed E-state index contributed by atoms with van der Waals surface area (Å²) in [5.41, 5.74) is 7.61. The van der Waals surface area contributed by atoms with Gasteiger partial charge in [0.2, 0.25) is 5.75 Å². The normalized spacial score (nSPS) is 11.0. The van der Waals surface area contributed by atoms with Gasteiger partial charge in [-0.1, -0.05) is 18.2 Å². The lowest BCUT2D eigenvalue weighted by atomic mass is 10.1. The third-order valence-electron chi connectivity index (χ3n) is 5.44. The van der Waals surface area contributed by atoms with Crippen molar-refractivity contribution in [2.75, 3.05) is 21.3 Å². The minimum absolute atomic E-state index is 0.272. The number of aryl methyl sites for hydroxylation is 1. The van der Waals surface area contributed by atoms with Crippen molar-refractivity contribution in [3.8, 4) is 34.2 Å². The van der Waals surface area contributed by atoms with Gasteiger partial charge in [0.25, 0.3) is 5.91 Å². The van der Waals surface area contributed by atoms with E-state index in [-0.39, 0.29) is 5.69 Å². The van der Waals surface area contributed by atoms with Gasteiger partial charge in [-0.05, 0) is 44.2 Å². The van der Waals surface area contributed by atoms with Gasteiger partial charge in [-0.3, -0.25) is 9.89 Å². The predicted molar refractivity (Wildman–Crippen MR) is 132 cm³/mol. The maximum Gasteiger partial charge on any atom is 0.289 e. The van der Waals surface area contributed by atoms with E-state index < -0.39 is 5.91 Å². The van der Waals surface area contributed by atoms with E-state index in [4.69, 9.17) is 14.2 Å². The molecule has 1 amide bonds. The van der Waals surface area contributed by atoms with Crippen LogP contribution in [-0.2, 0) is 0 Å². The van der Waals surface area contributed by atoms with Crippen LogP contribution < -0.4 is 19.6 Å². The number of nitrogens with one attached hydrogen (secondary N) is 2. The Balaban J connectivity index is 1.51. The van der Waals surface area contributed by atoms with Crippen molar-refractivity contribution in [2.45, 2.75) is 13.8 Å². The van der Waals surface area contributed by atoms with Crippen molar-refractivity contribution in [3.63, 3.8) is 0 Å². The molecule has 180 valence electrons. The average molecular weight is 475 g/mol. The first-order valence-electron chi connectivity index (χ1n) is 10.8. The number of carbonyl (C=O) groups is 1. The Kier molecular flexibility index (Phi) is 6.81. The maximum absolute atomic E-state index is 12.6. The van der Waals surface area contributed by atoms with Gasteiger partial charge in [0, 0.05) is 11.1 Å². The van der Waals surface area contributed by atoms with Crippen LogP contribution in [0.15, 0.2) is 53.6 Å². The second kappa shape index (κ2) is 10.1. The van der Waals surface area contributed by atoms with E-state index in [1.54, 1.807) is 18.2 Å².